The Morgan fingerprint density at radius 1 is 1.25 bits per heavy atom. The number of carbonyl (C=O) groups is 1. The molecule has 2 aromatic heterocycles. The van der Waals surface area contributed by atoms with Crippen molar-refractivity contribution in [2.24, 2.45) is 7.05 Å². The van der Waals surface area contributed by atoms with Crippen LogP contribution in [0.5, 0.6) is 0 Å². The molecule has 2 heterocycles. The summed E-state index contributed by atoms with van der Waals surface area (Å²) >= 11 is 1.19. The third kappa shape index (κ3) is 3.60. The third-order valence-corrected chi connectivity index (χ3v) is 5.22. The van der Waals surface area contributed by atoms with Gasteiger partial charge in [0.1, 0.15) is 0 Å². The first-order chi connectivity index (χ1) is 11.4. The maximum atomic E-state index is 12.2. The van der Waals surface area contributed by atoms with Gasteiger partial charge in [-0.15, -0.1) is 11.3 Å². The maximum Gasteiger partial charge on any atom is 0.263 e. The monoisotopic (exact) mass is 363 g/mol. The minimum atomic E-state index is -3.71. The molecule has 0 radical (unpaired) electrons. The number of sulfonamides is 1. The van der Waals surface area contributed by atoms with Crippen LogP contribution in [0.1, 0.15) is 10.4 Å². The van der Waals surface area contributed by atoms with Crippen molar-refractivity contribution in [1.82, 2.24) is 14.8 Å². The Bertz CT molecular complexity index is 947. The van der Waals surface area contributed by atoms with Gasteiger partial charge in [-0.3, -0.25) is 14.2 Å². The molecule has 0 atom stereocenters. The largest absolute Gasteiger partial charge is 0.322 e. The van der Waals surface area contributed by atoms with E-state index in [2.05, 4.69) is 20.1 Å². The molecule has 0 unspecified atom stereocenters. The maximum absolute atomic E-state index is 12.2. The highest BCUT2D eigenvalue weighted by Gasteiger charge is 2.15. The van der Waals surface area contributed by atoms with Gasteiger partial charge in [-0.2, -0.15) is 5.10 Å². The Balaban J connectivity index is 1.72. The van der Waals surface area contributed by atoms with Crippen molar-refractivity contribution in [3.8, 4) is 0 Å². The topological polar surface area (TPSA) is 106 Å². The molecule has 10 heteroatoms. The Morgan fingerprint density at radius 3 is 2.58 bits per heavy atom. The number of benzene rings is 1. The van der Waals surface area contributed by atoms with Gasteiger partial charge in [0, 0.05) is 30.5 Å². The summed E-state index contributed by atoms with van der Waals surface area (Å²) in [6.45, 7) is 0. The number of nitrogens with zero attached hydrogens (tertiary/aromatic N) is 3. The van der Waals surface area contributed by atoms with Crippen molar-refractivity contribution in [2.75, 3.05) is 10.0 Å². The molecule has 1 aromatic carbocycles. The number of thiazole rings is 1. The first kappa shape index (κ1) is 16.1. The molecule has 24 heavy (non-hydrogen) atoms. The molecule has 3 aromatic rings. The molecule has 3 rings (SSSR count). The van der Waals surface area contributed by atoms with Crippen LogP contribution >= 0.6 is 11.3 Å². The van der Waals surface area contributed by atoms with Crippen LogP contribution in [-0.4, -0.2) is 29.1 Å². The second-order valence-electron chi connectivity index (χ2n) is 4.82. The Kier molecular flexibility index (Phi) is 4.32. The highest BCUT2D eigenvalue weighted by atomic mass is 32.2. The van der Waals surface area contributed by atoms with Crippen LogP contribution < -0.4 is 10.0 Å². The minimum Gasteiger partial charge on any atom is -0.322 e. The predicted octanol–water partition coefficient (Wildman–Crippen LogP) is 1.93. The van der Waals surface area contributed by atoms with E-state index < -0.39 is 10.0 Å². The first-order valence-electron chi connectivity index (χ1n) is 6.76. The molecule has 0 bridgehead atoms. The summed E-state index contributed by atoms with van der Waals surface area (Å²) in [4.78, 5) is 16.0. The Morgan fingerprint density at radius 2 is 2.00 bits per heavy atom. The average Bonchev–Trinajstić information content (AvgIpc) is 3.19. The zero-order valence-electron chi connectivity index (χ0n) is 12.5. The lowest BCUT2D eigenvalue weighted by Gasteiger charge is -2.07. The number of aryl methyl sites for hydroxylation is 1. The Hall–Kier alpha value is -2.72. The van der Waals surface area contributed by atoms with E-state index in [0.717, 1.165) is 0 Å². The number of anilines is 2. The van der Waals surface area contributed by atoms with Crippen molar-refractivity contribution in [3.05, 3.63) is 53.8 Å². The van der Waals surface area contributed by atoms with Crippen LogP contribution in [0.2, 0.25) is 0 Å². The van der Waals surface area contributed by atoms with Crippen LogP contribution in [0, 0.1) is 0 Å². The second kappa shape index (κ2) is 6.42. The predicted molar refractivity (Wildman–Crippen MR) is 90.5 cm³/mol. The summed E-state index contributed by atoms with van der Waals surface area (Å²) in [7, 11) is -1.99. The fraction of sp³-hybridized carbons (Fsp3) is 0.0714. The molecular weight excluding hydrogens is 350 g/mol. The van der Waals surface area contributed by atoms with Gasteiger partial charge >= 0.3 is 0 Å². The van der Waals surface area contributed by atoms with Crippen molar-refractivity contribution < 1.29 is 13.2 Å². The molecule has 0 aliphatic rings. The molecule has 1 amide bonds. The van der Waals surface area contributed by atoms with Crippen LogP contribution in [0.3, 0.4) is 0 Å². The molecule has 124 valence electrons. The van der Waals surface area contributed by atoms with Gasteiger partial charge in [-0.1, -0.05) is 0 Å². The van der Waals surface area contributed by atoms with E-state index in [9.17, 15) is 13.2 Å². The quantitative estimate of drug-likeness (QED) is 0.720. The number of nitrogens with one attached hydrogen (secondary N) is 2. The molecule has 2 N–H and O–H groups in total. The smallest absolute Gasteiger partial charge is 0.263 e. The molecular formula is C14H13N5O3S2. The van der Waals surface area contributed by atoms with Crippen LogP contribution in [0.15, 0.2) is 53.1 Å². The lowest BCUT2D eigenvalue weighted by atomic mass is 10.3. The molecule has 0 spiro atoms. The number of aromatic nitrogens is 3. The number of hydrogen-bond donors (Lipinski definition) is 2. The minimum absolute atomic E-state index is 0.0806. The molecule has 0 saturated carbocycles. The number of amides is 1. The summed E-state index contributed by atoms with van der Waals surface area (Å²) in [5.74, 6) is -0.320. The lowest BCUT2D eigenvalue weighted by molar-refractivity contribution is 0.102. The van der Waals surface area contributed by atoms with Crippen molar-refractivity contribution >= 4 is 38.1 Å². The van der Waals surface area contributed by atoms with Crippen molar-refractivity contribution in [1.29, 1.82) is 0 Å². The van der Waals surface area contributed by atoms with Crippen LogP contribution in [-0.2, 0) is 17.1 Å². The summed E-state index contributed by atoms with van der Waals surface area (Å²) in [6, 6.07) is 5.86. The van der Waals surface area contributed by atoms with Crippen LogP contribution in [0.4, 0.5) is 10.8 Å². The summed E-state index contributed by atoms with van der Waals surface area (Å²) in [5.41, 5.74) is 0.900. The van der Waals surface area contributed by atoms with Crippen LogP contribution in [0.25, 0.3) is 0 Å². The molecule has 8 nitrogen and oxygen atoms in total. The van der Waals surface area contributed by atoms with E-state index in [1.165, 1.54) is 52.7 Å². The molecule has 0 aliphatic heterocycles. The molecule has 0 aliphatic carbocycles. The van der Waals surface area contributed by atoms with E-state index in [1.807, 2.05) is 0 Å². The Labute approximate surface area is 142 Å². The molecule has 0 saturated heterocycles. The highest BCUT2D eigenvalue weighted by Crippen LogP contribution is 2.19. The standard InChI is InChI=1S/C14H13N5O3S2/c1-19-9-10(8-16-19)13(20)17-11-2-4-12(5-3-11)24(21,22)18-14-15-6-7-23-14/h2-9H,1H3,(H,15,18)(H,17,20). The van der Waals surface area contributed by atoms with E-state index in [1.54, 1.807) is 18.6 Å². The number of rotatable bonds is 5. The summed E-state index contributed by atoms with van der Waals surface area (Å²) in [6.07, 6.45) is 4.55. The SMILES string of the molecule is Cn1cc(C(=O)Nc2ccc(S(=O)(=O)Nc3nccs3)cc2)cn1. The normalized spacial score (nSPS) is 11.2. The van der Waals surface area contributed by atoms with Gasteiger partial charge in [-0.05, 0) is 24.3 Å². The summed E-state index contributed by atoms with van der Waals surface area (Å²) < 4.78 is 28.3. The number of carbonyl (C=O) groups excluding carboxylic acids is 1. The molecule has 0 fully saturated rings. The fourth-order valence-corrected chi connectivity index (χ4v) is 3.70. The fourth-order valence-electron chi connectivity index (χ4n) is 1.91. The van der Waals surface area contributed by atoms with E-state index in [0.29, 0.717) is 16.4 Å². The van der Waals surface area contributed by atoms with Gasteiger partial charge in [0.25, 0.3) is 15.9 Å². The van der Waals surface area contributed by atoms with Gasteiger partial charge in [0.2, 0.25) is 0 Å². The second-order valence-corrected chi connectivity index (χ2v) is 7.40. The zero-order chi connectivity index (χ0) is 17.2. The van der Waals surface area contributed by atoms with E-state index in [4.69, 9.17) is 0 Å². The van der Waals surface area contributed by atoms with Crippen molar-refractivity contribution in [3.63, 3.8) is 0 Å². The van der Waals surface area contributed by atoms with Gasteiger partial charge in [-0.25, -0.2) is 13.4 Å². The van der Waals surface area contributed by atoms with E-state index in [-0.39, 0.29) is 10.8 Å². The summed E-state index contributed by atoms with van der Waals surface area (Å²) in [5, 5.41) is 8.57. The third-order valence-electron chi connectivity index (χ3n) is 3.04. The zero-order valence-corrected chi connectivity index (χ0v) is 14.1. The first-order valence-corrected chi connectivity index (χ1v) is 9.13. The van der Waals surface area contributed by atoms with E-state index >= 15 is 0 Å². The van der Waals surface area contributed by atoms with Gasteiger partial charge in [0.05, 0.1) is 16.7 Å². The lowest BCUT2D eigenvalue weighted by Crippen LogP contribution is -2.14. The van der Waals surface area contributed by atoms with Crippen molar-refractivity contribution in [2.45, 2.75) is 4.90 Å². The number of hydrogen-bond acceptors (Lipinski definition) is 6. The van der Waals surface area contributed by atoms with Gasteiger partial charge < -0.3 is 5.32 Å². The highest BCUT2D eigenvalue weighted by molar-refractivity contribution is 7.93. The average molecular weight is 363 g/mol. The van der Waals surface area contributed by atoms with Gasteiger partial charge in [0.15, 0.2) is 5.13 Å².